The minimum absolute atomic E-state index is 0.110. The predicted molar refractivity (Wildman–Crippen MR) is 73.2 cm³/mol. The Morgan fingerprint density at radius 2 is 2.00 bits per heavy atom. The number of allylic oxidation sites excluding steroid dienone is 1. The number of hydrogen-bond donors (Lipinski definition) is 3. The van der Waals surface area contributed by atoms with Crippen molar-refractivity contribution in [1.29, 1.82) is 5.41 Å². The summed E-state index contributed by atoms with van der Waals surface area (Å²) in [5.41, 5.74) is 2.36. The number of benzene rings is 2. The summed E-state index contributed by atoms with van der Waals surface area (Å²) < 4.78 is 0. The predicted octanol–water partition coefficient (Wildman–Crippen LogP) is 2.95. The number of carbonyl (C=O) groups is 1. The summed E-state index contributed by atoms with van der Waals surface area (Å²) in [6, 6.07) is 5.16. The highest BCUT2D eigenvalue weighted by molar-refractivity contribution is 6.23. The van der Waals surface area contributed by atoms with Crippen LogP contribution >= 0.6 is 0 Å². The lowest BCUT2D eigenvalue weighted by atomic mass is 9.87. The maximum Gasteiger partial charge on any atom is 0.339 e. The lowest BCUT2D eigenvalue weighted by Gasteiger charge is -2.17. The minimum atomic E-state index is -1.16. The Hall–Kier alpha value is -2.62. The SMILES string of the molecule is Cc1ccc2c3c(c(O)c(C(=O)O)cc13)C=CC2=N. The van der Waals surface area contributed by atoms with Crippen LogP contribution in [0, 0.1) is 12.3 Å². The Balaban J connectivity index is 2.57. The Kier molecular flexibility index (Phi) is 2.22. The Morgan fingerprint density at radius 3 is 2.68 bits per heavy atom. The summed E-state index contributed by atoms with van der Waals surface area (Å²) in [5.74, 6) is -1.40. The van der Waals surface area contributed by atoms with Crippen LogP contribution in [0.5, 0.6) is 5.75 Å². The first kappa shape index (κ1) is 11.5. The molecule has 0 fully saturated rings. The van der Waals surface area contributed by atoms with Gasteiger partial charge in [-0.05, 0) is 36.1 Å². The summed E-state index contributed by atoms with van der Waals surface area (Å²) >= 11 is 0. The molecule has 1 aliphatic carbocycles. The molecule has 0 spiro atoms. The largest absolute Gasteiger partial charge is 0.506 e. The maximum absolute atomic E-state index is 11.2. The number of phenols is 1. The van der Waals surface area contributed by atoms with Gasteiger partial charge in [0.2, 0.25) is 0 Å². The zero-order valence-electron chi connectivity index (χ0n) is 10.2. The maximum atomic E-state index is 11.2. The molecule has 4 heteroatoms. The van der Waals surface area contributed by atoms with Crippen LogP contribution < -0.4 is 0 Å². The van der Waals surface area contributed by atoms with Gasteiger partial charge in [-0.3, -0.25) is 0 Å². The number of nitrogens with one attached hydrogen (secondary N) is 1. The molecule has 94 valence electrons. The van der Waals surface area contributed by atoms with Crippen molar-refractivity contribution < 1.29 is 15.0 Å². The third-order valence-corrected chi connectivity index (χ3v) is 3.47. The van der Waals surface area contributed by atoms with Gasteiger partial charge in [0.1, 0.15) is 11.3 Å². The number of aryl methyl sites for hydroxylation is 1. The van der Waals surface area contributed by atoms with Crippen molar-refractivity contribution in [1.82, 2.24) is 0 Å². The normalized spacial score (nSPS) is 13.0. The smallest absolute Gasteiger partial charge is 0.339 e. The molecule has 19 heavy (non-hydrogen) atoms. The van der Waals surface area contributed by atoms with Gasteiger partial charge in [-0.25, -0.2) is 4.79 Å². The molecule has 1 aliphatic rings. The van der Waals surface area contributed by atoms with Gasteiger partial charge in [0.15, 0.2) is 0 Å². The van der Waals surface area contributed by atoms with Crippen LogP contribution in [-0.4, -0.2) is 21.9 Å². The molecule has 0 saturated carbocycles. The van der Waals surface area contributed by atoms with E-state index in [0.29, 0.717) is 16.8 Å². The molecule has 0 amide bonds. The fraction of sp³-hybridized carbons (Fsp3) is 0.0667. The molecular weight excluding hydrogens is 242 g/mol. The monoisotopic (exact) mass is 253 g/mol. The van der Waals surface area contributed by atoms with E-state index >= 15 is 0 Å². The fourth-order valence-electron chi connectivity index (χ4n) is 2.48. The molecule has 0 bridgehead atoms. The second-order valence-electron chi connectivity index (χ2n) is 4.59. The summed E-state index contributed by atoms with van der Waals surface area (Å²) in [5, 5.41) is 28.6. The van der Waals surface area contributed by atoms with Crippen molar-refractivity contribution >= 4 is 28.5 Å². The molecule has 0 aliphatic heterocycles. The molecule has 2 aromatic carbocycles. The molecule has 4 nitrogen and oxygen atoms in total. The second kappa shape index (κ2) is 3.68. The van der Waals surface area contributed by atoms with E-state index in [9.17, 15) is 9.90 Å². The average Bonchev–Trinajstić information content (AvgIpc) is 2.37. The first-order valence-corrected chi connectivity index (χ1v) is 5.80. The number of aromatic carboxylic acids is 1. The molecule has 3 N–H and O–H groups in total. The van der Waals surface area contributed by atoms with Crippen LogP contribution in [0.25, 0.3) is 16.8 Å². The number of carboxylic acid groups (broad SMARTS) is 1. The van der Waals surface area contributed by atoms with Gasteiger partial charge in [-0.2, -0.15) is 0 Å². The third kappa shape index (κ3) is 1.46. The van der Waals surface area contributed by atoms with Crippen molar-refractivity contribution in [3.05, 3.63) is 46.5 Å². The third-order valence-electron chi connectivity index (χ3n) is 3.47. The number of carboxylic acids is 1. The van der Waals surface area contributed by atoms with E-state index in [4.69, 9.17) is 10.5 Å². The Bertz CT molecular complexity index is 788. The number of rotatable bonds is 1. The highest BCUT2D eigenvalue weighted by Gasteiger charge is 2.21. The van der Waals surface area contributed by atoms with Gasteiger partial charge in [0.25, 0.3) is 0 Å². The van der Waals surface area contributed by atoms with E-state index in [-0.39, 0.29) is 11.3 Å². The molecule has 0 atom stereocenters. The fourth-order valence-corrected chi connectivity index (χ4v) is 2.48. The first-order chi connectivity index (χ1) is 9.00. The standard InChI is InChI=1S/C15H11NO3/c1-7-2-3-8-12(16)5-4-9-13(8)10(7)6-11(14(9)17)15(18)19/h2-6,16-17H,1H3,(H,18,19). The summed E-state index contributed by atoms with van der Waals surface area (Å²) in [6.45, 7) is 1.88. The van der Waals surface area contributed by atoms with E-state index in [1.165, 1.54) is 6.07 Å². The Morgan fingerprint density at radius 1 is 1.26 bits per heavy atom. The van der Waals surface area contributed by atoms with Crippen LogP contribution in [-0.2, 0) is 0 Å². The summed E-state index contributed by atoms with van der Waals surface area (Å²) in [6.07, 6.45) is 3.16. The summed E-state index contributed by atoms with van der Waals surface area (Å²) in [7, 11) is 0. The van der Waals surface area contributed by atoms with Crippen molar-refractivity contribution in [3.63, 3.8) is 0 Å². The van der Waals surface area contributed by atoms with E-state index in [1.807, 2.05) is 19.1 Å². The molecule has 0 saturated heterocycles. The molecular formula is C15H11NO3. The van der Waals surface area contributed by atoms with Crippen LogP contribution in [0.15, 0.2) is 24.3 Å². The van der Waals surface area contributed by atoms with Crippen LogP contribution in [0.1, 0.15) is 27.0 Å². The highest BCUT2D eigenvalue weighted by atomic mass is 16.4. The lowest BCUT2D eigenvalue weighted by Crippen LogP contribution is -2.06. The van der Waals surface area contributed by atoms with Gasteiger partial charge in [-0.1, -0.05) is 12.1 Å². The van der Waals surface area contributed by atoms with Crippen molar-refractivity contribution in [3.8, 4) is 5.75 Å². The van der Waals surface area contributed by atoms with Crippen molar-refractivity contribution in [2.24, 2.45) is 0 Å². The molecule has 0 unspecified atom stereocenters. The topological polar surface area (TPSA) is 81.4 Å². The number of aromatic hydroxyl groups is 1. The molecule has 3 rings (SSSR count). The van der Waals surface area contributed by atoms with E-state index in [2.05, 4.69) is 0 Å². The average molecular weight is 253 g/mol. The Labute approximate surface area is 109 Å². The van der Waals surface area contributed by atoms with Crippen LogP contribution in [0.3, 0.4) is 0 Å². The van der Waals surface area contributed by atoms with Gasteiger partial charge in [0.05, 0.1) is 5.71 Å². The zero-order valence-corrected chi connectivity index (χ0v) is 10.2. The van der Waals surface area contributed by atoms with E-state index in [0.717, 1.165) is 16.3 Å². The van der Waals surface area contributed by atoms with Crippen molar-refractivity contribution in [2.45, 2.75) is 6.92 Å². The zero-order chi connectivity index (χ0) is 13.7. The summed E-state index contributed by atoms with van der Waals surface area (Å²) in [4.78, 5) is 11.2. The minimum Gasteiger partial charge on any atom is -0.506 e. The van der Waals surface area contributed by atoms with Gasteiger partial charge < -0.3 is 15.6 Å². The molecule has 0 radical (unpaired) electrons. The van der Waals surface area contributed by atoms with Gasteiger partial charge in [0, 0.05) is 16.5 Å². The first-order valence-electron chi connectivity index (χ1n) is 5.80. The van der Waals surface area contributed by atoms with Crippen LogP contribution in [0.4, 0.5) is 0 Å². The molecule has 0 aromatic heterocycles. The second-order valence-corrected chi connectivity index (χ2v) is 4.59. The highest BCUT2D eigenvalue weighted by Crippen LogP contribution is 2.38. The van der Waals surface area contributed by atoms with Gasteiger partial charge >= 0.3 is 5.97 Å². The van der Waals surface area contributed by atoms with Crippen molar-refractivity contribution in [2.75, 3.05) is 0 Å². The molecule has 0 heterocycles. The quantitative estimate of drug-likeness (QED) is 0.730. The number of hydrogen-bond acceptors (Lipinski definition) is 3. The van der Waals surface area contributed by atoms with Gasteiger partial charge in [-0.15, -0.1) is 0 Å². The van der Waals surface area contributed by atoms with Crippen LogP contribution in [0.2, 0.25) is 0 Å². The van der Waals surface area contributed by atoms with E-state index < -0.39 is 5.97 Å². The molecule has 2 aromatic rings. The van der Waals surface area contributed by atoms with E-state index in [1.54, 1.807) is 12.2 Å². The lowest BCUT2D eigenvalue weighted by molar-refractivity contribution is 0.0694.